The summed E-state index contributed by atoms with van der Waals surface area (Å²) in [4.78, 5) is 41.1. The summed E-state index contributed by atoms with van der Waals surface area (Å²) in [5, 5.41) is 6.48. The maximum Gasteiger partial charge on any atom is 0.297 e. The molecular formula is C21H14N2O5S. The van der Waals surface area contributed by atoms with Crippen molar-refractivity contribution in [2.24, 2.45) is 5.92 Å². The summed E-state index contributed by atoms with van der Waals surface area (Å²) in [6.45, 7) is 1.69. The van der Waals surface area contributed by atoms with E-state index in [1.165, 1.54) is 16.2 Å². The van der Waals surface area contributed by atoms with E-state index in [0.717, 1.165) is 5.39 Å². The average Bonchev–Trinajstić information content (AvgIpc) is 3.49. The minimum Gasteiger partial charge on any atom is -0.453 e. The van der Waals surface area contributed by atoms with E-state index in [2.05, 4.69) is 5.16 Å². The number of fused-ring (bicyclic) bond motifs is 1. The summed E-state index contributed by atoms with van der Waals surface area (Å²) in [6.07, 6.45) is 0. The molecular weight excluding hydrogens is 392 g/mol. The van der Waals surface area contributed by atoms with Crippen molar-refractivity contribution in [3.63, 3.8) is 0 Å². The average molecular weight is 406 g/mol. The molecule has 1 aliphatic heterocycles. The Morgan fingerprint density at radius 1 is 1.14 bits per heavy atom. The molecule has 0 aliphatic carbocycles. The first-order valence-corrected chi connectivity index (χ1v) is 9.79. The SMILES string of the molecule is Cc1cc(N2C(=O)C(=O)C(C(=O)c3cc4ccccc4o3)C2c2cccs2)no1. The molecule has 2 unspecified atom stereocenters. The fourth-order valence-electron chi connectivity index (χ4n) is 3.65. The van der Waals surface area contributed by atoms with Crippen LogP contribution in [0.15, 0.2) is 62.9 Å². The number of aryl methyl sites for hydroxylation is 1. The van der Waals surface area contributed by atoms with Crippen molar-refractivity contribution in [2.45, 2.75) is 13.0 Å². The highest BCUT2D eigenvalue weighted by Crippen LogP contribution is 2.42. The summed E-state index contributed by atoms with van der Waals surface area (Å²) < 4.78 is 10.8. The lowest BCUT2D eigenvalue weighted by atomic mass is 9.91. The Morgan fingerprint density at radius 2 is 1.97 bits per heavy atom. The summed E-state index contributed by atoms with van der Waals surface area (Å²) in [5.74, 6) is -2.56. The van der Waals surface area contributed by atoms with E-state index >= 15 is 0 Å². The quantitative estimate of drug-likeness (QED) is 0.289. The fourth-order valence-corrected chi connectivity index (χ4v) is 4.51. The van der Waals surface area contributed by atoms with Gasteiger partial charge in [0.2, 0.25) is 11.6 Å². The zero-order valence-corrected chi connectivity index (χ0v) is 16.0. The van der Waals surface area contributed by atoms with Crippen LogP contribution in [0.2, 0.25) is 0 Å². The highest BCUT2D eigenvalue weighted by molar-refractivity contribution is 7.10. The van der Waals surface area contributed by atoms with E-state index in [0.29, 0.717) is 16.2 Å². The first kappa shape index (κ1) is 17.6. The summed E-state index contributed by atoms with van der Waals surface area (Å²) in [6, 6.07) is 13.2. The maximum atomic E-state index is 13.3. The highest BCUT2D eigenvalue weighted by atomic mass is 32.1. The number of hydrogen-bond donors (Lipinski definition) is 0. The first-order valence-electron chi connectivity index (χ1n) is 8.91. The van der Waals surface area contributed by atoms with Crippen LogP contribution in [0.1, 0.15) is 27.2 Å². The second-order valence-electron chi connectivity index (χ2n) is 6.79. The largest absolute Gasteiger partial charge is 0.453 e. The number of furan rings is 1. The van der Waals surface area contributed by atoms with Crippen molar-refractivity contribution in [3.8, 4) is 0 Å². The molecule has 1 amide bonds. The third-order valence-electron chi connectivity index (χ3n) is 4.95. The number of benzene rings is 1. The van der Waals surface area contributed by atoms with Gasteiger partial charge in [0.1, 0.15) is 17.3 Å². The van der Waals surface area contributed by atoms with Crippen LogP contribution in [0.5, 0.6) is 0 Å². The van der Waals surface area contributed by atoms with Crippen LogP contribution in [0, 0.1) is 12.8 Å². The van der Waals surface area contributed by atoms with Gasteiger partial charge in [-0.3, -0.25) is 19.3 Å². The lowest BCUT2D eigenvalue weighted by Gasteiger charge is -2.23. The molecule has 4 heterocycles. The van der Waals surface area contributed by atoms with Crippen LogP contribution < -0.4 is 4.90 Å². The van der Waals surface area contributed by atoms with Gasteiger partial charge in [0.25, 0.3) is 5.91 Å². The van der Waals surface area contributed by atoms with Gasteiger partial charge in [-0.2, -0.15) is 0 Å². The molecule has 1 fully saturated rings. The molecule has 7 nitrogen and oxygen atoms in total. The summed E-state index contributed by atoms with van der Waals surface area (Å²) in [5.41, 5.74) is 0.546. The topological polar surface area (TPSA) is 93.6 Å². The zero-order chi connectivity index (χ0) is 20.1. The Balaban J connectivity index is 1.62. The zero-order valence-electron chi connectivity index (χ0n) is 15.2. The monoisotopic (exact) mass is 406 g/mol. The molecule has 0 bridgehead atoms. The number of aromatic nitrogens is 1. The standard InChI is InChI=1S/C21H14N2O5S/c1-11-9-16(22-28-11)23-18(15-7-4-8-29-15)17(20(25)21(23)26)19(24)14-10-12-5-2-3-6-13(12)27-14/h2-10,17-18H,1H3. The molecule has 0 saturated carbocycles. The number of carbonyl (C=O) groups excluding carboxylic acids is 3. The van der Waals surface area contributed by atoms with Gasteiger partial charge in [-0.15, -0.1) is 11.3 Å². The fraction of sp³-hybridized carbons (Fsp3) is 0.143. The van der Waals surface area contributed by atoms with Crippen molar-refractivity contribution in [3.05, 3.63) is 70.3 Å². The second-order valence-corrected chi connectivity index (χ2v) is 7.77. The Hall–Kier alpha value is -3.52. The Kier molecular flexibility index (Phi) is 3.95. The molecule has 1 aliphatic rings. The lowest BCUT2D eigenvalue weighted by Crippen LogP contribution is -2.30. The normalized spacial score (nSPS) is 19.4. The third-order valence-corrected chi connectivity index (χ3v) is 5.90. The van der Waals surface area contributed by atoms with Gasteiger partial charge in [-0.25, -0.2) is 0 Å². The molecule has 144 valence electrons. The molecule has 1 aromatic carbocycles. The van der Waals surface area contributed by atoms with Crippen LogP contribution in [0.4, 0.5) is 5.82 Å². The minimum atomic E-state index is -1.22. The van der Waals surface area contributed by atoms with Crippen molar-refractivity contribution >= 4 is 45.6 Å². The molecule has 1 saturated heterocycles. The number of carbonyl (C=O) groups is 3. The number of rotatable bonds is 4. The van der Waals surface area contributed by atoms with E-state index in [1.807, 2.05) is 23.6 Å². The number of thiophene rings is 1. The molecule has 5 rings (SSSR count). The lowest BCUT2D eigenvalue weighted by molar-refractivity contribution is -0.135. The van der Waals surface area contributed by atoms with Crippen LogP contribution in [0.25, 0.3) is 11.0 Å². The number of anilines is 1. The van der Waals surface area contributed by atoms with E-state index in [-0.39, 0.29) is 11.6 Å². The van der Waals surface area contributed by atoms with Crippen molar-refractivity contribution < 1.29 is 23.3 Å². The van der Waals surface area contributed by atoms with Crippen molar-refractivity contribution in [1.82, 2.24) is 5.16 Å². The number of para-hydroxylation sites is 1. The van der Waals surface area contributed by atoms with E-state index in [4.69, 9.17) is 8.94 Å². The smallest absolute Gasteiger partial charge is 0.297 e. The van der Waals surface area contributed by atoms with Crippen LogP contribution >= 0.6 is 11.3 Å². The van der Waals surface area contributed by atoms with Gasteiger partial charge >= 0.3 is 0 Å². The van der Waals surface area contributed by atoms with Crippen LogP contribution in [-0.2, 0) is 9.59 Å². The third kappa shape index (κ3) is 2.72. The minimum absolute atomic E-state index is 0.0529. The molecule has 29 heavy (non-hydrogen) atoms. The van der Waals surface area contributed by atoms with Crippen molar-refractivity contribution in [1.29, 1.82) is 0 Å². The number of hydrogen-bond acceptors (Lipinski definition) is 7. The maximum absolute atomic E-state index is 13.3. The molecule has 3 aromatic heterocycles. The number of ketones is 2. The molecule has 8 heteroatoms. The summed E-state index contributed by atoms with van der Waals surface area (Å²) >= 11 is 1.36. The van der Waals surface area contributed by atoms with Crippen LogP contribution in [0.3, 0.4) is 0 Å². The van der Waals surface area contributed by atoms with Gasteiger partial charge in [0.05, 0.1) is 6.04 Å². The molecule has 0 radical (unpaired) electrons. The predicted molar refractivity (Wildman–Crippen MR) is 105 cm³/mol. The van der Waals surface area contributed by atoms with Gasteiger partial charge in [-0.1, -0.05) is 29.4 Å². The molecule has 4 aromatic rings. The van der Waals surface area contributed by atoms with Crippen molar-refractivity contribution in [2.75, 3.05) is 4.90 Å². The Labute approximate surface area is 168 Å². The summed E-state index contributed by atoms with van der Waals surface area (Å²) in [7, 11) is 0. The Morgan fingerprint density at radius 3 is 2.66 bits per heavy atom. The second kappa shape index (κ2) is 6.52. The van der Waals surface area contributed by atoms with E-state index < -0.39 is 29.4 Å². The number of Topliss-reactive ketones (excluding diaryl/α,β-unsaturated/α-hetero) is 2. The first-order chi connectivity index (χ1) is 14.0. The van der Waals surface area contributed by atoms with Gasteiger partial charge in [-0.05, 0) is 30.5 Å². The molecule has 0 spiro atoms. The van der Waals surface area contributed by atoms with E-state index in [9.17, 15) is 14.4 Å². The van der Waals surface area contributed by atoms with Crippen LogP contribution in [-0.4, -0.2) is 22.6 Å². The van der Waals surface area contributed by atoms with Gasteiger partial charge < -0.3 is 8.94 Å². The van der Waals surface area contributed by atoms with Gasteiger partial charge in [0.15, 0.2) is 11.6 Å². The number of nitrogens with zero attached hydrogens (tertiary/aromatic N) is 2. The highest BCUT2D eigenvalue weighted by Gasteiger charge is 2.54. The number of amides is 1. The molecule has 2 atom stereocenters. The molecule has 0 N–H and O–H groups in total. The Bertz CT molecular complexity index is 1220. The van der Waals surface area contributed by atoms with Gasteiger partial charge in [0, 0.05) is 16.3 Å². The predicted octanol–water partition coefficient (Wildman–Crippen LogP) is 3.95. The van der Waals surface area contributed by atoms with E-state index in [1.54, 1.807) is 37.3 Å².